The number of nitrogens with zero attached hydrogens (tertiary/aromatic N) is 1. The minimum Gasteiger partial charge on any atom is -0.487 e. The van der Waals surface area contributed by atoms with Crippen LogP contribution in [0, 0.1) is 0 Å². The number of ether oxygens (including phenoxy) is 2. The molecule has 0 saturated heterocycles. The van der Waals surface area contributed by atoms with Gasteiger partial charge >= 0.3 is 5.97 Å². The molecule has 0 N–H and O–H groups in total. The first kappa shape index (κ1) is 15.3. The van der Waals surface area contributed by atoms with Crippen LogP contribution in [0.3, 0.4) is 0 Å². The number of benzene rings is 2. The number of aromatic nitrogens is 1. The van der Waals surface area contributed by atoms with Crippen LogP contribution in [0.1, 0.15) is 15.9 Å². The van der Waals surface area contributed by atoms with E-state index in [0.29, 0.717) is 28.5 Å². The molecule has 5 heteroatoms. The van der Waals surface area contributed by atoms with Gasteiger partial charge in [0.1, 0.15) is 17.9 Å². The quantitative estimate of drug-likeness (QED) is 0.672. The van der Waals surface area contributed by atoms with Crippen LogP contribution < -0.4 is 4.74 Å². The first-order valence-electron chi connectivity index (χ1n) is 7.02. The fourth-order valence-electron chi connectivity index (χ4n) is 2.30. The van der Waals surface area contributed by atoms with E-state index in [9.17, 15) is 4.79 Å². The standard InChI is InChI=1S/C18H14ClNO3/c1-22-18(21)13-5-2-4-12(10-13)11-23-16-8-7-15(19)14-6-3-9-20-17(14)16/h2-10H,11H2,1H3. The van der Waals surface area contributed by atoms with E-state index < -0.39 is 0 Å². The summed E-state index contributed by atoms with van der Waals surface area (Å²) < 4.78 is 10.6. The third kappa shape index (κ3) is 3.27. The highest BCUT2D eigenvalue weighted by Crippen LogP contribution is 2.30. The van der Waals surface area contributed by atoms with Crippen LogP contribution >= 0.6 is 11.6 Å². The molecule has 116 valence electrons. The minimum absolute atomic E-state index is 0.318. The Kier molecular flexibility index (Phi) is 4.44. The Morgan fingerprint density at radius 1 is 1.17 bits per heavy atom. The van der Waals surface area contributed by atoms with Crippen LogP contribution in [0.15, 0.2) is 54.7 Å². The molecule has 1 heterocycles. The smallest absolute Gasteiger partial charge is 0.337 e. The van der Waals surface area contributed by atoms with Crippen molar-refractivity contribution in [2.24, 2.45) is 0 Å². The second kappa shape index (κ2) is 6.67. The van der Waals surface area contributed by atoms with E-state index in [1.807, 2.05) is 18.2 Å². The SMILES string of the molecule is COC(=O)c1cccc(COc2ccc(Cl)c3cccnc23)c1. The lowest BCUT2D eigenvalue weighted by Gasteiger charge is -2.10. The van der Waals surface area contributed by atoms with Gasteiger partial charge in [-0.3, -0.25) is 4.98 Å². The van der Waals surface area contributed by atoms with Crippen LogP contribution in [0.4, 0.5) is 0 Å². The molecule has 3 rings (SSSR count). The highest BCUT2D eigenvalue weighted by atomic mass is 35.5. The topological polar surface area (TPSA) is 48.4 Å². The first-order valence-corrected chi connectivity index (χ1v) is 7.40. The minimum atomic E-state index is -0.370. The Labute approximate surface area is 138 Å². The molecule has 0 amide bonds. The van der Waals surface area contributed by atoms with Gasteiger partial charge in [-0.25, -0.2) is 4.79 Å². The summed E-state index contributed by atoms with van der Waals surface area (Å²) in [5, 5.41) is 1.48. The van der Waals surface area contributed by atoms with Gasteiger partial charge in [0.05, 0.1) is 17.7 Å². The zero-order valence-corrected chi connectivity index (χ0v) is 13.2. The molecule has 1 aromatic heterocycles. The molecule has 0 aliphatic heterocycles. The molecular formula is C18H14ClNO3. The van der Waals surface area contributed by atoms with Gasteiger partial charge in [-0.05, 0) is 42.0 Å². The van der Waals surface area contributed by atoms with Crippen molar-refractivity contribution >= 4 is 28.5 Å². The van der Waals surface area contributed by atoms with Crippen LogP contribution in [0.5, 0.6) is 5.75 Å². The predicted octanol–water partition coefficient (Wildman–Crippen LogP) is 4.25. The van der Waals surface area contributed by atoms with Crippen molar-refractivity contribution in [1.29, 1.82) is 0 Å². The molecular weight excluding hydrogens is 314 g/mol. The molecule has 4 nitrogen and oxygen atoms in total. The van der Waals surface area contributed by atoms with Gasteiger partial charge in [0.25, 0.3) is 0 Å². The Bertz CT molecular complexity index is 864. The molecule has 0 unspecified atom stereocenters. The van der Waals surface area contributed by atoms with Crippen molar-refractivity contribution in [2.75, 3.05) is 7.11 Å². The van der Waals surface area contributed by atoms with Gasteiger partial charge in [0.15, 0.2) is 0 Å². The Morgan fingerprint density at radius 2 is 2.04 bits per heavy atom. The summed E-state index contributed by atoms with van der Waals surface area (Å²) in [5.74, 6) is 0.277. The lowest BCUT2D eigenvalue weighted by atomic mass is 10.1. The van der Waals surface area contributed by atoms with Crippen molar-refractivity contribution < 1.29 is 14.3 Å². The first-order chi connectivity index (χ1) is 11.2. The van der Waals surface area contributed by atoms with E-state index >= 15 is 0 Å². The zero-order chi connectivity index (χ0) is 16.2. The van der Waals surface area contributed by atoms with Crippen molar-refractivity contribution in [1.82, 2.24) is 4.98 Å². The number of esters is 1. The third-order valence-corrected chi connectivity index (χ3v) is 3.75. The number of carbonyl (C=O) groups excluding carboxylic acids is 1. The van der Waals surface area contributed by atoms with E-state index in [1.165, 1.54) is 7.11 Å². The summed E-state index contributed by atoms with van der Waals surface area (Å²) >= 11 is 6.17. The molecule has 23 heavy (non-hydrogen) atoms. The number of carbonyl (C=O) groups is 1. The highest BCUT2D eigenvalue weighted by Gasteiger charge is 2.09. The Morgan fingerprint density at radius 3 is 2.87 bits per heavy atom. The molecule has 2 aromatic carbocycles. The molecule has 0 aliphatic rings. The molecule has 3 aromatic rings. The van der Waals surface area contributed by atoms with E-state index in [4.69, 9.17) is 21.1 Å². The second-order valence-corrected chi connectivity index (χ2v) is 5.33. The van der Waals surface area contributed by atoms with Gasteiger partial charge in [0.2, 0.25) is 0 Å². The van der Waals surface area contributed by atoms with Gasteiger partial charge in [-0.1, -0.05) is 23.7 Å². The summed E-state index contributed by atoms with van der Waals surface area (Å²) in [6.45, 7) is 0.318. The number of fused-ring (bicyclic) bond motifs is 1. The lowest BCUT2D eigenvalue weighted by molar-refractivity contribution is 0.0600. The average molecular weight is 328 g/mol. The normalized spacial score (nSPS) is 10.5. The van der Waals surface area contributed by atoms with Gasteiger partial charge in [-0.15, -0.1) is 0 Å². The van der Waals surface area contributed by atoms with Gasteiger partial charge < -0.3 is 9.47 Å². The van der Waals surface area contributed by atoms with Crippen LogP contribution in [0.2, 0.25) is 5.02 Å². The Balaban J connectivity index is 1.84. The van der Waals surface area contributed by atoms with Crippen LogP contribution in [-0.4, -0.2) is 18.1 Å². The van der Waals surface area contributed by atoms with Crippen LogP contribution in [0.25, 0.3) is 10.9 Å². The number of hydrogen-bond acceptors (Lipinski definition) is 4. The fourth-order valence-corrected chi connectivity index (χ4v) is 2.51. The second-order valence-electron chi connectivity index (χ2n) is 4.93. The van der Waals surface area contributed by atoms with E-state index in [0.717, 1.165) is 10.9 Å². The maximum Gasteiger partial charge on any atom is 0.337 e. The van der Waals surface area contributed by atoms with Crippen molar-refractivity contribution in [2.45, 2.75) is 6.61 Å². The number of halogens is 1. The third-order valence-electron chi connectivity index (χ3n) is 3.42. The maximum atomic E-state index is 11.6. The number of pyridine rings is 1. The fraction of sp³-hybridized carbons (Fsp3) is 0.111. The van der Waals surface area contributed by atoms with Crippen LogP contribution in [-0.2, 0) is 11.3 Å². The van der Waals surface area contributed by atoms with E-state index in [1.54, 1.807) is 36.5 Å². The Hall–Kier alpha value is -2.59. The highest BCUT2D eigenvalue weighted by molar-refractivity contribution is 6.35. The van der Waals surface area contributed by atoms with Crippen molar-refractivity contribution in [3.63, 3.8) is 0 Å². The molecule has 0 aliphatic carbocycles. The van der Waals surface area contributed by atoms with E-state index in [2.05, 4.69) is 4.98 Å². The molecule has 0 saturated carbocycles. The summed E-state index contributed by atoms with van der Waals surface area (Å²) in [6.07, 6.45) is 1.70. The number of hydrogen-bond donors (Lipinski definition) is 0. The largest absolute Gasteiger partial charge is 0.487 e. The number of rotatable bonds is 4. The molecule has 0 radical (unpaired) electrons. The average Bonchev–Trinajstić information content (AvgIpc) is 2.61. The molecule has 0 bridgehead atoms. The molecule has 0 spiro atoms. The summed E-state index contributed by atoms with van der Waals surface area (Å²) in [6, 6.07) is 14.4. The number of methoxy groups -OCH3 is 1. The van der Waals surface area contributed by atoms with E-state index in [-0.39, 0.29) is 5.97 Å². The van der Waals surface area contributed by atoms with Gasteiger partial charge in [0, 0.05) is 11.6 Å². The van der Waals surface area contributed by atoms with Crippen molar-refractivity contribution in [3.05, 3.63) is 70.9 Å². The predicted molar refractivity (Wildman–Crippen MR) is 88.9 cm³/mol. The molecule has 0 fully saturated rings. The zero-order valence-electron chi connectivity index (χ0n) is 12.5. The van der Waals surface area contributed by atoms with Crippen molar-refractivity contribution in [3.8, 4) is 5.75 Å². The van der Waals surface area contributed by atoms with Gasteiger partial charge in [-0.2, -0.15) is 0 Å². The summed E-state index contributed by atoms with van der Waals surface area (Å²) in [5.41, 5.74) is 2.07. The monoisotopic (exact) mass is 327 g/mol. The maximum absolute atomic E-state index is 11.6. The summed E-state index contributed by atoms with van der Waals surface area (Å²) in [4.78, 5) is 15.9. The lowest BCUT2D eigenvalue weighted by Crippen LogP contribution is -2.03. The summed E-state index contributed by atoms with van der Waals surface area (Å²) in [7, 11) is 1.36. The molecule has 0 atom stereocenters.